The van der Waals surface area contributed by atoms with Crippen LogP contribution >= 0.6 is 15.9 Å². The molecule has 1 aromatic heterocycles. The molecular formula is C23H18BrF3N2O2S. The zero-order valence-electron chi connectivity index (χ0n) is 17.1. The lowest BCUT2D eigenvalue weighted by Gasteiger charge is -2.18. The fourth-order valence-electron chi connectivity index (χ4n) is 3.24. The summed E-state index contributed by atoms with van der Waals surface area (Å²) in [5.41, 5.74) is -0.123. The quantitative estimate of drug-likeness (QED) is 0.349. The second kappa shape index (κ2) is 8.96. The van der Waals surface area contributed by atoms with E-state index in [1.165, 1.54) is 41.0 Å². The number of sulfone groups is 1. The fraction of sp³-hybridized carbons (Fsp3) is 0.174. The number of nitriles is 1. The van der Waals surface area contributed by atoms with Gasteiger partial charge in [-0.1, -0.05) is 44.2 Å². The van der Waals surface area contributed by atoms with E-state index in [1.54, 1.807) is 30.3 Å². The van der Waals surface area contributed by atoms with E-state index < -0.39 is 26.5 Å². The molecule has 0 spiro atoms. The number of halogens is 4. The molecule has 0 radical (unpaired) electrons. The van der Waals surface area contributed by atoms with Crippen molar-refractivity contribution in [2.45, 2.75) is 30.8 Å². The maximum Gasteiger partial charge on any atom is 0.418 e. The van der Waals surface area contributed by atoms with E-state index in [0.29, 0.717) is 5.69 Å². The Bertz CT molecular complexity index is 1320. The Balaban J connectivity index is 2.25. The lowest BCUT2D eigenvalue weighted by Crippen LogP contribution is -2.12. The van der Waals surface area contributed by atoms with Crippen LogP contribution < -0.4 is 0 Å². The average Bonchev–Trinajstić information content (AvgIpc) is 3.08. The average molecular weight is 523 g/mol. The Hall–Kier alpha value is -2.83. The zero-order chi connectivity index (χ0) is 23.7. The summed E-state index contributed by atoms with van der Waals surface area (Å²) < 4.78 is 68.4. The highest BCUT2D eigenvalue weighted by Crippen LogP contribution is 2.39. The zero-order valence-corrected chi connectivity index (χ0v) is 19.5. The summed E-state index contributed by atoms with van der Waals surface area (Å²) in [6.07, 6.45) is -3.41. The first-order valence-corrected chi connectivity index (χ1v) is 11.8. The first-order valence-electron chi connectivity index (χ1n) is 9.48. The Morgan fingerprint density at radius 2 is 1.69 bits per heavy atom. The monoisotopic (exact) mass is 522 g/mol. The van der Waals surface area contributed by atoms with Crippen LogP contribution in [0.5, 0.6) is 0 Å². The molecule has 0 saturated heterocycles. The molecule has 0 fully saturated rings. The minimum Gasteiger partial charge on any atom is -0.307 e. The van der Waals surface area contributed by atoms with Crippen molar-refractivity contribution in [3.8, 4) is 11.8 Å². The van der Waals surface area contributed by atoms with Gasteiger partial charge in [-0.25, -0.2) is 8.42 Å². The van der Waals surface area contributed by atoms with Crippen LogP contribution in [0.25, 0.3) is 11.8 Å². The molecule has 166 valence electrons. The largest absolute Gasteiger partial charge is 0.418 e. The van der Waals surface area contributed by atoms with Gasteiger partial charge < -0.3 is 4.57 Å². The molecule has 0 aliphatic carbocycles. The van der Waals surface area contributed by atoms with Gasteiger partial charge in [0.2, 0.25) is 9.84 Å². The van der Waals surface area contributed by atoms with Gasteiger partial charge in [0.25, 0.3) is 0 Å². The van der Waals surface area contributed by atoms with Crippen LogP contribution in [0.15, 0.2) is 75.1 Å². The number of benzene rings is 2. The second-order valence-corrected chi connectivity index (χ2v) is 9.93. The number of alkyl halides is 3. The smallest absolute Gasteiger partial charge is 0.307 e. The standard InChI is InChI=1S/C23H18BrF3N2O2S/c1-15(2)21-13-16(12-18(14-28)32(30,31)17-8-4-3-5-9-17)22(24)29(21)20-11-7-6-10-19(20)23(25,26)27/h3-13,15H,1-2H3/b18-12+. The van der Waals surface area contributed by atoms with Gasteiger partial charge in [-0.2, -0.15) is 18.4 Å². The lowest BCUT2D eigenvalue weighted by atomic mass is 10.1. The van der Waals surface area contributed by atoms with Crippen molar-refractivity contribution in [1.82, 2.24) is 4.57 Å². The van der Waals surface area contributed by atoms with Gasteiger partial charge in [0.1, 0.15) is 11.0 Å². The molecule has 0 bridgehead atoms. The number of hydrogen-bond donors (Lipinski definition) is 0. The Kier molecular flexibility index (Phi) is 6.67. The summed E-state index contributed by atoms with van der Waals surface area (Å²) in [5, 5.41) is 9.56. The van der Waals surface area contributed by atoms with Gasteiger partial charge in [-0.15, -0.1) is 0 Å². The molecule has 3 rings (SSSR count). The van der Waals surface area contributed by atoms with E-state index in [-0.39, 0.29) is 26.7 Å². The van der Waals surface area contributed by atoms with Gasteiger partial charge in [-0.3, -0.25) is 0 Å². The van der Waals surface area contributed by atoms with Crippen LogP contribution in [-0.2, 0) is 16.0 Å². The highest BCUT2D eigenvalue weighted by Gasteiger charge is 2.35. The summed E-state index contributed by atoms with van der Waals surface area (Å²) in [6.45, 7) is 3.63. The maximum absolute atomic E-state index is 13.7. The van der Waals surface area contributed by atoms with Crippen molar-refractivity contribution in [2.24, 2.45) is 0 Å². The van der Waals surface area contributed by atoms with Gasteiger partial charge in [0, 0.05) is 11.3 Å². The van der Waals surface area contributed by atoms with E-state index in [9.17, 15) is 26.9 Å². The molecule has 0 aliphatic rings. The molecule has 3 aromatic rings. The normalized spacial score (nSPS) is 12.8. The molecule has 0 aliphatic heterocycles. The molecule has 4 nitrogen and oxygen atoms in total. The van der Waals surface area contributed by atoms with Crippen molar-refractivity contribution in [3.05, 3.63) is 87.0 Å². The Morgan fingerprint density at radius 1 is 1.09 bits per heavy atom. The van der Waals surface area contributed by atoms with E-state index >= 15 is 0 Å². The summed E-state index contributed by atoms with van der Waals surface area (Å²) in [5.74, 6) is -0.189. The third-order valence-corrected chi connectivity index (χ3v) is 7.27. The number of nitrogens with zero attached hydrogens (tertiary/aromatic N) is 2. The Labute approximate surface area is 192 Å². The molecular weight excluding hydrogens is 505 g/mol. The number of allylic oxidation sites excluding steroid dienone is 1. The summed E-state index contributed by atoms with van der Waals surface area (Å²) >= 11 is 3.34. The molecule has 2 aromatic carbocycles. The van der Waals surface area contributed by atoms with Crippen molar-refractivity contribution in [1.29, 1.82) is 5.26 Å². The van der Waals surface area contributed by atoms with Crippen LogP contribution in [0.3, 0.4) is 0 Å². The topological polar surface area (TPSA) is 62.9 Å². The van der Waals surface area contributed by atoms with Crippen LogP contribution in [0.2, 0.25) is 0 Å². The van der Waals surface area contributed by atoms with Crippen LogP contribution in [0, 0.1) is 11.3 Å². The van der Waals surface area contributed by atoms with E-state index in [4.69, 9.17) is 0 Å². The highest BCUT2D eigenvalue weighted by molar-refractivity contribution is 9.10. The third kappa shape index (κ3) is 4.52. The second-order valence-electron chi connectivity index (χ2n) is 7.26. The minimum atomic E-state index is -4.58. The highest BCUT2D eigenvalue weighted by atomic mass is 79.9. The number of para-hydroxylation sites is 1. The first-order chi connectivity index (χ1) is 15.0. The lowest BCUT2D eigenvalue weighted by molar-refractivity contribution is -0.137. The van der Waals surface area contributed by atoms with Gasteiger partial charge >= 0.3 is 6.18 Å². The van der Waals surface area contributed by atoms with Gasteiger partial charge in [-0.05, 0) is 58.3 Å². The fourth-order valence-corrected chi connectivity index (χ4v) is 5.04. The predicted octanol–water partition coefficient (Wildman–Crippen LogP) is 6.72. The van der Waals surface area contributed by atoms with Crippen molar-refractivity contribution in [3.63, 3.8) is 0 Å². The van der Waals surface area contributed by atoms with Gasteiger partial charge in [0.15, 0.2) is 0 Å². The molecule has 1 heterocycles. The van der Waals surface area contributed by atoms with Crippen LogP contribution in [0.1, 0.15) is 36.6 Å². The summed E-state index contributed by atoms with van der Waals surface area (Å²) in [4.78, 5) is -0.559. The van der Waals surface area contributed by atoms with E-state index in [2.05, 4.69) is 15.9 Å². The van der Waals surface area contributed by atoms with E-state index in [0.717, 1.165) is 6.07 Å². The number of rotatable bonds is 5. The SMILES string of the molecule is CC(C)c1cc(/C=C(\C#N)S(=O)(=O)c2ccccc2)c(Br)n1-c1ccccc1C(F)(F)F. The van der Waals surface area contributed by atoms with Gasteiger partial charge in [0.05, 0.1) is 20.7 Å². The number of aromatic nitrogens is 1. The third-order valence-electron chi connectivity index (χ3n) is 4.78. The Morgan fingerprint density at radius 3 is 2.25 bits per heavy atom. The molecule has 0 amide bonds. The molecule has 0 saturated carbocycles. The van der Waals surface area contributed by atoms with Crippen molar-refractivity contribution in [2.75, 3.05) is 0 Å². The van der Waals surface area contributed by atoms with Crippen molar-refractivity contribution >= 4 is 31.8 Å². The molecule has 32 heavy (non-hydrogen) atoms. The summed E-state index contributed by atoms with van der Waals surface area (Å²) in [6, 6.07) is 15.9. The minimum absolute atomic E-state index is 0.0464. The molecule has 0 unspecified atom stereocenters. The summed E-state index contributed by atoms with van der Waals surface area (Å²) in [7, 11) is -4.10. The molecule has 0 atom stereocenters. The molecule has 9 heteroatoms. The van der Waals surface area contributed by atoms with E-state index in [1.807, 2.05) is 13.8 Å². The maximum atomic E-state index is 13.7. The van der Waals surface area contributed by atoms with Crippen LogP contribution in [-0.4, -0.2) is 13.0 Å². The van der Waals surface area contributed by atoms with Crippen molar-refractivity contribution < 1.29 is 21.6 Å². The predicted molar refractivity (Wildman–Crippen MR) is 120 cm³/mol. The molecule has 0 N–H and O–H groups in total. The number of hydrogen-bond acceptors (Lipinski definition) is 3. The van der Waals surface area contributed by atoms with Crippen LogP contribution in [0.4, 0.5) is 13.2 Å². The first kappa shape index (κ1) is 23.8.